The molecule has 3 heteroatoms. The Labute approximate surface area is 121 Å². The van der Waals surface area contributed by atoms with Crippen molar-refractivity contribution in [2.45, 2.75) is 40.0 Å². The predicted octanol–water partition coefficient (Wildman–Crippen LogP) is 4.19. The van der Waals surface area contributed by atoms with Crippen LogP contribution in [0.1, 0.15) is 56.0 Å². The Hall–Kier alpha value is -1.02. The molecule has 0 aliphatic rings. The van der Waals surface area contributed by atoms with E-state index in [1.807, 2.05) is 24.3 Å². The zero-order chi connectivity index (χ0) is 14.5. The van der Waals surface area contributed by atoms with Gasteiger partial charge < -0.3 is 5.32 Å². The van der Waals surface area contributed by atoms with Crippen LogP contribution in [0.25, 0.3) is 0 Å². The van der Waals surface area contributed by atoms with E-state index in [-0.39, 0.29) is 11.3 Å². The first-order valence-corrected chi connectivity index (χ1v) is 7.33. The minimum absolute atomic E-state index is 0.0158. The van der Waals surface area contributed by atoms with Crippen molar-refractivity contribution in [1.82, 2.24) is 5.32 Å². The van der Waals surface area contributed by atoms with Crippen molar-refractivity contribution >= 4 is 17.5 Å². The lowest BCUT2D eigenvalue weighted by Crippen LogP contribution is -2.34. The summed E-state index contributed by atoms with van der Waals surface area (Å²) in [5.41, 5.74) is 2.00. The average molecular weight is 282 g/mol. The van der Waals surface area contributed by atoms with Crippen molar-refractivity contribution in [3.05, 3.63) is 35.4 Å². The third-order valence-electron chi connectivity index (χ3n) is 3.34. The third-order valence-corrected chi connectivity index (χ3v) is 3.53. The summed E-state index contributed by atoms with van der Waals surface area (Å²) in [5.74, 6) is 1.09. The summed E-state index contributed by atoms with van der Waals surface area (Å²) in [6.45, 7) is 9.15. The predicted molar refractivity (Wildman–Crippen MR) is 82.0 cm³/mol. The molecule has 2 nitrogen and oxygen atoms in total. The van der Waals surface area contributed by atoms with E-state index in [2.05, 4.69) is 33.0 Å². The van der Waals surface area contributed by atoms with Crippen LogP contribution in [0.3, 0.4) is 0 Å². The number of benzene rings is 1. The molecule has 0 spiro atoms. The molecule has 0 fully saturated rings. The smallest absolute Gasteiger partial charge is 0.251 e. The molecule has 0 aliphatic carbocycles. The topological polar surface area (TPSA) is 29.1 Å². The quantitative estimate of drug-likeness (QED) is 0.778. The molecule has 1 rings (SSSR count). The minimum atomic E-state index is -0.0158. The fourth-order valence-corrected chi connectivity index (χ4v) is 2.30. The average Bonchev–Trinajstić information content (AvgIpc) is 2.36. The van der Waals surface area contributed by atoms with Crippen LogP contribution >= 0.6 is 11.6 Å². The highest BCUT2D eigenvalue weighted by atomic mass is 35.5. The summed E-state index contributed by atoms with van der Waals surface area (Å²) in [4.78, 5) is 12.0. The van der Waals surface area contributed by atoms with Crippen molar-refractivity contribution in [2.24, 2.45) is 5.41 Å². The lowest BCUT2D eigenvalue weighted by Gasteiger charge is -2.23. The number of hydrogen-bond donors (Lipinski definition) is 1. The molecule has 0 atom stereocenters. The van der Waals surface area contributed by atoms with E-state index < -0.39 is 0 Å². The second-order valence-electron chi connectivity index (χ2n) is 6.06. The molecular formula is C16H24ClNO. The first-order chi connectivity index (χ1) is 8.85. The monoisotopic (exact) mass is 281 g/mol. The first-order valence-electron chi connectivity index (χ1n) is 6.80. The second-order valence-corrected chi connectivity index (χ2v) is 6.44. The molecule has 1 aromatic carbocycles. The molecule has 1 aromatic rings. The maximum atomic E-state index is 12.0. The Morgan fingerprint density at radius 1 is 1.26 bits per heavy atom. The van der Waals surface area contributed by atoms with Crippen LogP contribution < -0.4 is 5.32 Å². The molecule has 0 bridgehead atoms. The Morgan fingerprint density at radius 3 is 2.32 bits per heavy atom. The highest BCUT2D eigenvalue weighted by Gasteiger charge is 2.18. The van der Waals surface area contributed by atoms with E-state index in [0.29, 0.717) is 23.9 Å². The Kier molecular flexibility index (Phi) is 5.86. The molecule has 19 heavy (non-hydrogen) atoms. The van der Waals surface area contributed by atoms with E-state index in [4.69, 9.17) is 11.6 Å². The van der Waals surface area contributed by atoms with Gasteiger partial charge in [-0.2, -0.15) is 0 Å². The number of nitrogens with one attached hydrogen (secondary N) is 1. The van der Waals surface area contributed by atoms with Crippen molar-refractivity contribution in [3.63, 3.8) is 0 Å². The lowest BCUT2D eigenvalue weighted by atomic mass is 9.90. The highest BCUT2D eigenvalue weighted by molar-refractivity contribution is 6.17. The number of carbonyl (C=O) groups is 1. The van der Waals surface area contributed by atoms with Crippen molar-refractivity contribution in [3.8, 4) is 0 Å². The van der Waals surface area contributed by atoms with E-state index >= 15 is 0 Å². The van der Waals surface area contributed by atoms with Gasteiger partial charge in [-0.1, -0.05) is 39.8 Å². The molecule has 0 aliphatic heterocycles. The van der Waals surface area contributed by atoms with Crippen LogP contribution in [0.4, 0.5) is 0 Å². The van der Waals surface area contributed by atoms with Gasteiger partial charge in [0.2, 0.25) is 0 Å². The number of hydrogen-bond acceptors (Lipinski definition) is 1. The lowest BCUT2D eigenvalue weighted by molar-refractivity contribution is 0.0936. The molecule has 1 N–H and O–H groups in total. The van der Waals surface area contributed by atoms with Crippen LogP contribution in [0.2, 0.25) is 0 Å². The van der Waals surface area contributed by atoms with Crippen molar-refractivity contribution in [2.75, 3.05) is 12.4 Å². The number of rotatable bonds is 6. The van der Waals surface area contributed by atoms with E-state index in [0.717, 1.165) is 6.42 Å². The standard InChI is InChI=1S/C16H24ClNO/c1-12(2)13-5-7-14(8-6-13)15(19)18-11-16(3,4)9-10-17/h5-8,12H,9-11H2,1-4H3,(H,18,19). The van der Waals surface area contributed by atoms with Crippen LogP contribution in [-0.2, 0) is 0 Å². The molecular weight excluding hydrogens is 258 g/mol. The normalized spacial score (nSPS) is 11.7. The molecule has 0 heterocycles. The highest BCUT2D eigenvalue weighted by Crippen LogP contribution is 2.20. The molecule has 0 saturated heterocycles. The van der Waals surface area contributed by atoms with Gasteiger partial charge >= 0.3 is 0 Å². The van der Waals surface area contributed by atoms with E-state index in [1.54, 1.807) is 0 Å². The van der Waals surface area contributed by atoms with Crippen LogP contribution in [-0.4, -0.2) is 18.3 Å². The van der Waals surface area contributed by atoms with Crippen LogP contribution in [0.5, 0.6) is 0 Å². The van der Waals surface area contributed by atoms with Crippen LogP contribution in [0, 0.1) is 5.41 Å². The van der Waals surface area contributed by atoms with E-state index in [9.17, 15) is 4.79 Å². The van der Waals surface area contributed by atoms with Crippen LogP contribution in [0.15, 0.2) is 24.3 Å². The van der Waals surface area contributed by atoms with Gasteiger partial charge in [-0.3, -0.25) is 4.79 Å². The summed E-state index contributed by atoms with van der Waals surface area (Å²) < 4.78 is 0. The molecule has 106 valence electrons. The summed E-state index contributed by atoms with van der Waals surface area (Å²) in [5, 5.41) is 2.98. The maximum Gasteiger partial charge on any atom is 0.251 e. The number of amides is 1. The number of carbonyl (C=O) groups excluding carboxylic acids is 1. The molecule has 1 amide bonds. The number of alkyl halides is 1. The van der Waals surface area contributed by atoms with Gasteiger partial charge in [0.05, 0.1) is 0 Å². The zero-order valence-electron chi connectivity index (χ0n) is 12.3. The first kappa shape index (κ1) is 16.0. The molecule has 0 unspecified atom stereocenters. The summed E-state index contributed by atoms with van der Waals surface area (Å²) in [6, 6.07) is 7.81. The Balaban J connectivity index is 2.59. The van der Waals surface area contributed by atoms with Gasteiger partial charge in [-0.15, -0.1) is 11.6 Å². The Morgan fingerprint density at radius 2 is 1.84 bits per heavy atom. The van der Waals surface area contributed by atoms with Gasteiger partial charge in [-0.05, 0) is 35.4 Å². The van der Waals surface area contributed by atoms with Gasteiger partial charge in [0, 0.05) is 18.0 Å². The maximum absolute atomic E-state index is 12.0. The zero-order valence-corrected chi connectivity index (χ0v) is 13.1. The Bertz CT molecular complexity index is 409. The SMILES string of the molecule is CC(C)c1ccc(C(=O)NCC(C)(C)CCCl)cc1. The fraction of sp³-hybridized carbons (Fsp3) is 0.562. The fourth-order valence-electron chi connectivity index (χ4n) is 1.79. The van der Waals surface area contributed by atoms with Gasteiger partial charge in [0.25, 0.3) is 5.91 Å². The largest absolute Gasteiger partial charge is 0.352 e. The second kappa shape index (κ2) is 6.95. The summed E-state index contributed by atoms with van der Waals surface area (Å²) in [6.07, 6.45) is 0.890. The molecule has 0 radical (unpaired) electrons. The molecule has 0 saturated carbocycles. The third kappa shape index (κ3) is 5.23. The minimum Gasteiger partial charge on any atom is -0.352 e. The van der Waals surface area contributed by atoms with Gasteiger partial charge in [0.1, 0.15) is 0 Å². The van der Waals surface area contributed by atoms with Gasteiger partial charge in [-0.25, -0.2) is 0 Å². The summed E-state index contributed by atoms with van der Waals surface area (Å²) in [7, 11) is 0. The number of halogens is 1. The molecule has 0 aromatic heterocycles. The van der Waals surface area contributed by atoms with Crippen molar-refractivity contribution < 1.29 is 4.79 Å². The summed E-state index contributed by atoms with van der Waals surface area (Å²) >= 11 is 5.75. The van der Waals surface area contributed by atoms with E-state index in [1.165, 1.54) is 5.56 Å². The van der Waals surface area contributed by atoms with Crippen molar-refractivity contribution in [1.29, 1.82) is 0 Å². The van der Waals surface area contributed by atoms with Gasteiger partial charge in [0.15, 0.2) is 0 Å².